The van der Waals surface area contributed by atoms with Crippen LogP contribution in [-0.2, 0) is 15.0 Å². The third-order valence-corrected chi connectivity index (χ3v) is 6.63. The highest BCUT2D eigenvalue weighted by atomic mass is 32.2. The smallest absolute Gasteiger partial charge is 0.311 e. The first-order valence-corrected chi connectivity index (χ1v) is 8.99. The maximum Gasteiger partial charge on any atom is 0.311 e. The fraction of sp³-hybridized carbons (Fsp3) is 0.786. The van der Waals surface area contributed by atoms with Crippen molar-refractivity contribution in [2.45, 2.75) is 19.3 Å². The minimum Gasteiger partial charge on any atom is -0.481 e. The zero-order valence-corrected chi connectivity index (χ0v) is 13.9. The third-order valence-electron chi connectivity index (χ3n) is 4.65. The average molecular weight is 331 g/mol. The van der Waals surface area contributed by atoms with Crippen molar-refractivity contribution < 1.29 is 18.3 Å². The van der Waals surface area contributed by atoms with Crippen LogP contribution in [0.1, 0.15) is 19.3 Å². The van der Waals surface area contributed by atoms with Crippen molar-refractivity contribution >= 4 is 16.2 Å². The van der Waals surface area contributed by atoms with E-state index < -0.39 is 21.6 Å². The van der Waals surface area contributed by atoms with Crippen LogP contribution in [-0.4, -0.2) is 79.3 Å². The molecule has 0 aromatic carbocycles. The van der Waals surface area contributed by atoms with Gasteiger partial charge in [-0.25, -0.2) is 0 Å². The molecule has 0 bridgehead atoms. The Morgan fingerprint density at radius 1 is 1.23 bits per heavy atom. The Morgan fingerprint density at radius 2 is 1.86 bits per heavy atom. The van der Waals surface area contributed by atoms with E-state index in [1.165, 1.54) is 8.61 Å². The van der Waals surface area contributed by atoms with Gasteiger partial charge in [0.2, 0.25) is 0 Å². The van der Waals surface area contributed by atoms with Crippen LogP contribution in [0.5, 0.6) is 0 Å². The van der Waals surface area contributed by atoms with E-state index in [1.54, 1.807) is 6.08 Å². The number of rotatable bonds is 5. The lowest BCUT2D eigenvalue weighted by Crippen LogP contribution is -2.56. The van der Waals surface area contributed by atoms with E-state index in [9.17, 15) is 18.3 Å². The molecule has 0 aromatic heterocycles. The van der Waals surface area contributed by atoms with Gasteiger partial charge in [0.05, 0.1) is 5.41 Å². The van der Waals surface area contributed by atoms with E-state index in [2.05, 4.69) is 11.5 Å². The number of hydrogen-bond donors (Lipinski definition) is 1. The molecule has 2 aliphatic heterocycles. The lowest BCUT2D eigenvalue weighted by atomic mass is 9.78. The molecular weight excluding hydrogens is 306 g/mol. The fourth-order valence-corrected chi connectivity index (χ4v) is 4.89. The number of carboxylic acid groups (broad SMARTS) is 1. The summed E-state index contributed by atoms with van der Waals surface area (Å²) in [5.41, 5.74) is -1.04. The summed E-state index contributed by atoms with van der Waals surface area (Å²) in [7, 11) is -1.63. The molecule has 0 radical (unpaired) electrons. The number of piperazine rings is 1. The summed E-state index contributed by atoms with van der Waals surface area (Å²) >= 11 is 0. The molecule has 1 atom stereocenters. The predicted octanol–water partition coefficient (Wildman–Crippen LogP) is 0.222. The molecule has 0 aromatic rings. The standard InChI is InChI=1S/C14H25N3O4S/c1-3-5-14(13(18)19)6-4-7-17(12-14)22(20,21)16-10-8-15(2)9-11-16/h3H,1,4-12H2,2H3,(H,18,19). The maximum absolute atomic E-state index is 12.8. The molecule has 0 amide bonds. The normalized spacial score (nSPS) is 29.3. The Bertz CT molecular complexity index is 528. The Morgan fingerprint density at radius 3 is 2.41 bits per heavy atom. The van der Waals surface area contributed by atoms with Gasteiger partial charge in [0.15, 0.2) is 0 Å². The lowest BCUT2D eigenvalue weighted by Gasteiger charge is -2.41. The molecule has 126 valence electrons. The maximum atomic E-state index is 12.8. The van der Waals surface area contributed by atoms with E-state index in [1.807, 2.05) is 7.05 Å². The molecule has 2 heterocycles. The van der Waals surface area contributed by atoms with Crippen LogP contribution in [0, 0.1) is 5.41 Å². The topological polar surface area (TPSA) is 81.2 Å². The molecule has 2 fully saturated rings. The number of aliphatic carboxylic acids is 1. The van der Waals surface area contributed by atoms with Crippen LogP contribution in [0.15, 0.2) is 12.7 Å². The van der Waals surface area contributed by atoms with Gasteiger partial charge in [-0.3, -0.25) is 4.79 Å². The molecule has 2 rings (SSSR count). The highest BCUT2D eigenvalue weighted by molar-refractivity contribution is 7.86. The second kappa shape index (κ2) is 6.66. The molecular formula is C14H25N3O4S. The molecule has 2 saturated heterocycles. The predicted molar refractivity (Wildman–Crippen MR) is 83.7 cm³/mol. The van der Waals surface area contributed by atoms with E-state index in [-0.39, 0.29) is 13.0 Å². The molecule has 22 heavy (non-hydrogen) atoms. The molecule has 2 aliphatic rings. The third kappa shape index (κ3) is 3.34. The summed E-state index contributed by atoms with van der Waals surface area (Å²) in [6, 6.07) is 0. The Labute approximate surface area is 132 Å². The first-order chi connectivity index (χ1) is 10.3. The van der Waals surface area contributed by atoms with Crippen molar-refractivity contribution in [3.05, 3.63) is 12.7 Å². The van der Waals surface area contributed by atoms with Crippen LogP contribution in [0.3, 0.4) is 0 Å². The summed E-state index contributed by atoms with van der Waals surface area (Å²) in [5, 5.41) is 9.56. The van der Waals surface area contributed by atoms with Gasteiger partial charge < -0.3 is 10.0 Å². The lowest BCUT2D eigenvalue weighted by molar-refractivity contribution is -0.151. The van der Waals surface area contributed by atoms with Crippen molar-refractivity contribution in [1.29, 1.82) is 0 Å². The number of nitrogens with zero attached hydrogens (tertiary/aromatic N) is 3. The highest BCUT2D eigenvalue weighted by Gasteiger charge is 2.45. The van der Waals surface area contributed by atoms with Crippen molar-refractivity contribution in [3.63, 3.8) is 0 Å². The number of piperidine rings is 1. The number of hydrogen-bond acceptors (Lipinski definition) is 4. The number of carbonyl (C=O) groups is 1. The summed E-state index contributed by atoms with van der Waals surface area (Å²) < 4.78 is 28.4. The Hall–Kier alpha value is -0.960. The molecule has 1 unspecified atom stereocenters. The SMILES string of the molecule is C=CCC1(C(=O)O)CCCN(S(=O)(=O)N2CCN(C)CC2)C1. The van der Waals surface area contributed by atoms with Gasteiger partial charge in [0, 0.05) is 39.3 Å². The first kappa shape index (κ1) is 17.4. The molecule has 0 saturated carbocycles. The van der Waals surface area contributed by atoms with Crippen LogP contribution in [0.2, 0.25) is 0 Å². The molecule has 8 heteroatoms. The Kier molecular flexibility index (Phi) is 5.26. The molecule has 1 N–H and O–H groups in total. The van der Waals surface area contributed by atoms with Crippen molar-refractivity contribution in [1.82, 2.24) is 13.5 Å². The van der Waals surface area contributed by atoms with Gasteiger partial charge in [0.1, 0.15) is 0 Å². The van der Waals surface area contributed by atoms with Gasteiger partial charge in [0.25, 0.3) is 10.2 Å². The minimum absolute atomic E-state index is 0.0308. The van der Waals surface area contributed by atoms with Crippen LogP contribution < -0.4 is 0 Å². The summed E-state index contributed by atoms with van der Waals surface area (Å²) in [6.07, 6.45) is 2.91. The molecule has 0 spiro atoms. The quantitative estimate of drug-likeness (QED) is 0.729. The van der Waals surface area contributed by atoms with Crippen LogP contribution >= 0.6 is 0 Å². The van der Waals surface area contributed by atoms with E-state index in [0.717, 1.165) is 0 Å². The van der Waals surface area contributed by atoms with Gasteiger partial charge in [-0.1, -0.05) is 6.08 Å². The van der Waals surface area contributed by atoms with Crippen LogP contribution in [0.4, 0.5) is 0 Å². The number of allylic oxidation sites excluding steroid dienone is 1. The largest absolute Gasteiger partial charge is 0.481 e. The monoisotopic (exact) mass is 331 g/mol. The zero-order chi connectivity index (χ0) is 16.4. The zero-order valence-electron chi connectivity index (χ0n) is 13.1. The van der Waals surface area contributed by atoms with E-state index in [4.69, 9.17) is 0 Å². The first-order valence-electron chi connectivity index (χ1n) is 7.60. The summed E-state index contributed by atoms with van der Waals surface area (Å²) in [4.78, 5) is 13.8. The van der Waals surface area contributed by atoms with E-state index >= 15 is 0 Å². The number of carboxylic acids is 1. The van der Waals surface area contributed by atoms with Crippen LogP contribution in [0.25, 0.3) is 0 Å². The second-order valence-corrected chi connectivity index (χ2v) is 8.15. The highest BCUT2D eigenvalue weighted by Crippen LogP contribution is 2.36. The fourth-order valence-electron chi connectivity index (χ4n) is 3.17. The molecule has 7 nitrogen and oxygen atoms in total. The minimum atomic E-state index is -3.59. The van der Waals surface area contributed by atoms with Gasteiger partial charge >= 0.3 is 5.97 Å². The summed E-state index contributed by atoms with van der Waals surface area (Å²) in [5.74, 6) is -0.939. The Balaban J connectivity index is 2.17. The number of likely N-dealkylation sites (N-methyl/N-ethyl adjacent to an activating group) is 1. The van der Waals surface area contributed by atoms with E-state index in [0.29, 0.717) is 45.6 Å². The summed E-state index contributed by atoms with van der Waals surface area (Å²) in [6.45, 7) is 6.35. The van der Waals surface area contributed by atoms with Gasteiger partial charge in [-0.15, -0.1) is 6.58 Å². The average Bonchev–Trinajstić information content (AvgIpc) is 2.48. The second-order valence-electron chi connectivity index (χ2n) is 6.23. The van der Waals surface area contributed by atoms with Gasteiger partial charge in [-0.05, 0) is 26.3 Å². The molecule has 0 aliphatic carbocycles. The van der Waals surface area contributed by atoms with Crippen molar-refractivity contribution in [3.8, 4) is 0 Å². The van der Waals surface area contributed by atoms with Crippen molar-refractivity contribution in [2.75, 3.05) is 46.3 Å². The van der Waals surface area contributed by atoms with Crippen molar-refractivity contribution in [2.24, 2.45) is 5.41 Å². The van der Waals surface area contributed by atoms with Gasteiger partial charge in [-0.2, -0.15) is 17.0 Å².